The molecule has 2 rings (SSSR count). The Balaban J connectivity index is 2.12. The van der Waals surface area contributed by atoms with Gasteiger partial charge in [-0.2, -0.15) is 0 Å². The van der Waals surface area contributed by atoms with Crippen LogP contribution < -0.4 is 5.73 Å². The average molecular weight is 295 g/mol. The van der Waals surface area contributed by atoms with Crippen LogP contribution in [0.1, 0.15) is 73.1 Å². The first-order valence-electron chi connectivity index (χ1n) is 9.23. The van der Waals surface area contributed by atoms with Gasteiger partial charge in [-0.25, -0.2) is 0 Å². The summed E-state index contributed by atoms with van der Waals surface area (Å²) in [6.45, 7) is 15.5. The van der Waals surface area contributed by atoms with E-state index in [-0.39, 0.29) is 5.54 Å². The molecule has 1 heterocycles. The highest BCUT2D eigenvalue weighted by Gasteiger charge is 2.45. The van der Waals surface area contributed by atoms with Crippen LogP contribution in [0.2, 0.25) is 0 Å². The Kier molecular flexibility index (Phi) is 5.41. The van der Waals surface area contributed by atoms with E-state index in [9.17, 15) is 0 Å². The third kappa shape index (κ3) is 4.01. The molecule has 0 bridgehead atoms. The van der Waals surface area contributed by atoms with E-state index in [4.69, 9.17) is 5.73 Å². The first-order chi connectivity index (χ1) is 9.78. The number of hydrogen-bond donors (Lipinski definition) is 1. The summed E-state index contributed by atoms with van der Waals surface area (Å²) in [5, 5.41) is 0. The summed E-state index contributed by atoms with van der Waals surface area (Å²) >= 11 is 0. The summed E-state index contributed by atoms with van der Waals surface area (Å²) in [6, 6.07) is 0. The highest BCUT2D eigenvalue weighted by atomic mass is 15.2. The summed E-state index contributed by atoms with van der Waals surface area (Å²) in [4.78, 5) is 2.80. The van der Waals surface area contributed by atoms with E-state index in [1.165, 1.54) is 51.6 Å². The van der Waals surface area contributed by atoms with E-state index in [1.54, 1.807) is 0 Å². The van der Waals surface area contributed by atoms with Crippen molar-refractivity contribution in [3.63, 3.8) is 0 Å². The van der Waals surface area contributed by atoms with E-state index >= 15 is 0 Å². The predicted octanol–water partition coefficient (Wildman–Crippen LogP) is 4.29. The predicted molar refractivity (Wildman–Crippen MR) is 92.3 cm³/mol. The molecule has 1 saturated heterocycles. The minimum absolute atomic E-state index is 0.271. The average Bonchev–Trinajstić information content (AvgIpc) is 2.62. The van der Waals surface area contributed by atoms with Crippen LogP contribution in [0.25, 0.3) is 0 Å². The van der Waals surface area contributed by atoms with Crippen LogP contribution in [0, 0.1) is 23.2 Å². The molecule has 2 aliphatic rings. The van der Waals surface area contributed by atoms with Gasteiger partial charge in [-0.1, -0.05) is 34.6 Å². The molecule has 3 atom stereocenters. The van der Waals surface area contributed by atoms with Crippen molar-refractivity contribution in [2.24, 2.45) is 28.9 Å². The fourth-order valence-electron chi connectivity index (χ4n) is 5.49. The molecule has 2 N–H and O–H groups in total. The molecule has 0 aromatic carbocycles. The van der Waals surface area contributed by atoms with Gasteiger partial charge in [0.15, 0.2) is 0 Å². The van der Waals surface area contributed by atoms with Crippen molar-refractivity contribution in [2.75, 3.05) is 19.6 Å². The van der Waals surface area contributed by atoms with E-state index < -0.39 is 0 Å². The number of hydrogen-bond acceptors (Lipinski definition) is 2. The minimum Gasteiger partial charge on any atom is -0.329 e. The van der Waals surface area contributed by atoms with Crippen molar-refractivity contribution in [2.45, 2.75) is 78.7 Å². The maximum absolute atomic E-state index is 6.36. The largest absolute Gasteiger partial charge is 0.329 e. The van der Waals surface area contributed by atoms with Crippen molar-refractivity contribution in [1.29, 1.82) is 0 Å². The smallest absolute Gasteiger partial charge is 0.0339 e. The molecule has 2 fully saturated rings. The molecule has 124 valence electrons. The van der Waals surface area contributed by atoms with Crippen LogP contribution in [0.15, 0.2) is 0 Å². The SMILES string of the molecule is CC1CC(C)(C)CC(CN)(N2CCCC(C(C)C)CC2)C1. The molecule has 1 aliphatic heterocycles. The van der Waals surface area contributed by atoms with Crippen LogP contribution in [-0.2, 0) is 0 Å². The Labute approximate surface area is 132 Å². The number of nitrogens with zero attached hydrogens (tertiary/aromatic N) is 1. The second-order valence-corrected chi connectivity index (χ2v) is 9.20. The highest BCUT2D eigenvalue weighted by Crippen LogP contribution is 2.47. The van der Waals surface area contributed by atoms with Crippen LogP contribution in [0.5, 0.6) is 0 Å². The Morgan fingerprint density at radius 2 is 1.86 bits per heavy atom. The van der Waals surface area contributed by atoms with Gasteiger partial charge >= 0.3 is 0 Å². The van der Waals surface area contributed by atoms with Crippen LogP contribution in [0.3, 0.4) is 0 Å². The Morgan fingerprint density at radius 1 is 1.14 bits per heavy atom. The molecular weight excluding hydrogens is 256 g/mol. The van der Waals surface area contributed by atoms with Gasteiger partial charge in [0.2, 0.25) is 0 Å². The second kappa shape index (κ2) is 6.58. The summed E-state index contributed by atoms with van der Waals surface area (Å²) in [5.41, 5.74) is 7.07. The first kappa shape index (κ1) is 17.3. The van der Waals surface area contributed by atoms with Gasteiger partial charge in [0.25, 0.3) is 0 Å². The summed E-state index contributed by atoms with van der Waals surface area (Å²) < 4.78 is 0. The Morgan fingerprint density at radius 3 is 2.43 bits per heavy atom. The van der Waals surface area contributed by atoms with Gasteiger partial charge < -0.3 is 5.73 Å². The molecule has 2 nitrogen and oxygen atoms in total. The topological polar surface area (TPSA) is 29.3 Å². The van der Waals surface area contributed by atoms with Gasteiger partial charge in [-0.15, -0.1) is 0 Å². The van der Waals surface area contributed by atoms with E-state index in [1.807, 2.05) is 0 Å². The molecular formula is C19H38N2. The quantitative estimate of drug-likeness (QED) is 0.841. The van der Waals surface area contributed by atoms with Crippen LogP contribution in [0.4, 0.5) is 0 Å². The number of nitrogens with two attached hydrogens (primary N) is 1. The Hall–Kier alpha value is -0.0800. The van der Waals surface area contributed by atoms with Gasteiger partial charge in [0.05, 0.1) is 0 Å². The van der Waals surface area contributed by atoms with Gasteiger partial charge in [0.1, 0.15) is 0 Å². The Bertz CT molecular complexity index is 336. The fraction of sp³-hybridized carbons (Fsp3) is 1.00. The third-order valence-electron chi connectivity index (χ3n) is 6.20. The normalized spacial score (nSPS) is 38.4. The zero-order valence-corrected chi connectivity index (χ0v) is 15.1. The number of likely N-dealkylation sites (tertiary alicyclic amines) is 1. The highest BCUT2D eigenvalue weighted by molar-refractivity contribution is 5.01. The van der Waals surface area contributed by atoms with E-state index in [0.717, 1.165) is 24.3 Å². The fourth-order valence-corrected chi connectivity index (χ4v) is 5.49. The van der Waals surface area contributed by atoms with E-state index in [2.05, 4.69) is 39.5 Å². The molecule has 3 unspecified atom stereocenters. The maximum atomic E-state index is 6.36. The van der Waals surface area contributed by atoms with Crippen molar-refractivity contribution < 1.29 is 0 Å². The summed E-state index contributed by atoms with van der Waals surface area (Å²) in [5.74, 6) is 2.56. The van der Waals surface area contributed by atoms with E-state index in [0.29, 0.717) is 5.41 Å². The molecule has 0 aromatic rings. The first-order valence-corrected chi connectivity index (χ1v) is 9.23. The van der Waals surface area contributed by atoms with Crippen LogP contribution >= 0.6 is 0 Å². The second-order valence-electron chi connectivity index (χ2n) is 9.20. The van der Waals surface area contributed by atoms with Crippen molar-refractivity contribution in [1.82, 2.24) is 4.90 Å². The minimum atomic E-state index is 0.271. The van der Waals surface area contributed by atoms with Crippen LogP contribution in [-0.4, -0.2) is 30.1 Å². The lowest BCUT2D eigenvalue weighted by Gasteiger charge is -2.53. The summed E-state index contributed by atoms with van der Waals surface area (Å²) in [6.07, 6.45) is 8.09. The lowest BCUT2D eigenvalue weighted by atomic mass is 9.63. The zero-order chi connectivity index (χ0) is 15.7. The molecule has 0 spiro atoms. The van der Waals surface area contributed by atoms with Gasteiger partial charge in [-0.3, -0.25) is 4.90 Å². The molecule has 0 aromatic heterocycles. The molecule has 1 saturated carbocycles. The number of rotatable bonds is 3. The molecule has 0 amide bonds. The van der Waals surface area contributed by atoms with Crippen molar-refractivity contribution in [3.05, 3.63) is 0 Å². The maximum Gasteiger partial charge on any atom is 0.0339 e. The van der Waals surface area contributed by atoms with Crippen molar-refractivity contribution in [3.8, 4) is 0 Å². The standard InChI is InChI=1S/C19H38N2/c1-15(2)17-7-6-9-21(10-8-17)19(14-20)12-16(3)11-18(4,5)13-19/h15-17H,6-14,20H2,1-5H3. The molecule has 21 heavy (non-hydrogen) atoms. The molecule has 2 heteroatoms. The third-order valence-corrected chi connectivity index (χ3v) is 6.20. The summed E-state index contributed by atoms with van der Waals surface area (Å²) in [7, 11) is 0. The lowest BCUT2D eigenvalue weighted by molar-refractivity contribution is -0.0107. The molecule has 1 aliphatic carbocycles. The molecule has 0 radical (unpaired) electrons. The monoisotopic (exact) mass is 294 g/mol. The lowest BCUT2D eigenvalue weighted by Crippen LogP contribution is -2.59. The van der Waals surface area contributed by atoms with Gasteiger partial charge in [-0.05, 0) is 74.8 Å². The van der Waals surface area contributed by atoms with Gasteiger partial charge in [0, 0.05) is 12.1 Å². The zero-order valence-electron chi connectivity index (χ0n) is 15.1. The van der Waals surface area contributed by atoms with Crippen molar-refractivity contribution >= 4 is 0 Å².